The topological polar surface area (TPSA) is 72.0 Å². The Morgan fingerprint density at radius 3 is 2.88 bits per heavy atom. The summed E-state index contributed by atoms with van der Waals surface area (Å²) in [5, 5.41) is 2.53. The standard InChI is InChI=1S/C19H20N2O3S2/c1-9-11(3)26-18-15(9)17(22)20-16(21-18)10(2)24-19(23)13-8-25-14-7-5-4-6-12(13)14/h8,10H,4-7H2,1-3H3,(H,20,21,22)/t10-/m0/s1. The van der Waals surface area contributed by atoms with Gasteiger partial charge in [0.25, 0.3) is 5.56 Å². The zero-order valence-electron chi connectivity index (χ0n) is 15.0. The first-order chi connectivity index (χ1) is 12.5. The lowest BCUT2D eigenvalue weighted by Crippen LogP contribution is -2.18. The van der Waals surface area contributed by atoms with Crippen molar-refractivity contribution in [1.29, 1.82) is 0 Å². The van der Waals surface area contributed by atoms with Gasteiger partial charge in [0.1, 0.15) is 4.83 Å². The summed E-state index contributed by atoms with van der Waals surface area (Å²) < 4.78 is 5.63. The monoisotopic (exact) mass is 388 g/mol. The molecule has 0 radical (unpaired) electrons. The second-order valence-corrected chi connectivity index (χ2v) is 8.89. The normalized spacial score (nSPS) is 15.0. The summed E-state index contributed by atoms with van der Waals surface area (Å²) >= 11 is 3.13. The molecule has 1 atom stereocenters. The van der Waals surface area contributed by atoms with Crippen LogP contribution in [0, 0.1) is 13.8 Å². The van der Waals surface area contributed by atoms with E-state index in [0.29, 0.717) is 21.6 Å². The smallest absolute Gasteiger partial charge is 0.339 e. The van der Waals surface area contributed by atoms with Crippen LogP contribution in [0.5, 0.6) is 0 Å². The van der Waals surface area contributed by atoms with E-state index in [4.69, 9.17) is 4.74 Å². The van der Waals surface area contributed by atoms with Crippen LogP contribution in [0.3, 0.4) is 0 Å². The lowest BCUT2D eigenvalue weighted by atomic mass is 9.96. The van der Waals surface area contributed by atoms with E-state index in [1.165, 1.54) is 22.6 Å². The fourth-order valence-corrected chi connectivity index (χ4v) is 5.56. The summed E-state index contributed by atoms with van der Waals surface area (Å²) in [4.78, 5) is 35.4. The predicted octanol–water partition coefficient (Wildman–Crippen LogP) is 4.46. The SMILES string of the molecule is Cc1sc2nc([C@H](C)OC(=O)c3csc4c3CCCC4)[nH]c(=O)c2c1C. The van der Waals surface area contributed by atoms with Gasteiger partial charge in [0, 0.05) is 15.1 Å². The van der Waals surface area contributed by atoms with Crippen molar-refractivity contribution in [2.75, 3.05) is 0 Å². The number of nitrogens with zero attached hydrogens (tertiary/aromatic N) is 1. The average Bonchev–Trinajstić information content (AvgIpc) is 3.16. The lowest BCUT2D eigenvalue weighted by molar-refractivity contribution is 0.0319. The molecule has 3 aromatic heterocycles. The molecule has 0 fully saturated rings. The summed E-state index contributed by atoms with van der Waals surface area (Å²) in [6, 6.07) is 0. The van der Waals surface area contributed by atoms with Crippen molar-refractivity contribution < 1.29 is 9.53 Å². The molecule has 26 heavy (non-hydrogen) atoms. The number of aryl methyl sites for hydroxylation is 3. The molecule has 4 rings (SSSR count). The third kappa shape index (κ3) is 2.89. The minimum Gasteiger partial charge on any atom is -0.451 e. The quantitative estimate of drug-likeness (QED) is 0.673. The Kier molecular flexibility index (Phi) is 4.44. The van der Waals surface area contributed by atoms with Crippen molar-refractivity contribution in [3.63, 3.8) is 0 Å². The number of ether oxygens (including phenoxy) is 1. The maximum absolute atomic E-state index is 12.6. The first-order valence-corrected chi connectivity index (χ1v) is 10.5. The first-order valence-electron chi connectivity index (χ1n) is 8.76. The molecule has 0 aromatic carbocycles. The van der Waals surface area contributed by atoms with Gasteiger partial charge < -0.3 is 9.72 Å². The third-order valence-electron chi connectivity index (χ3n) is 5.01. The van der Waals surface area contributed by atoms with Crippen LogP contribution >= 0.6 is 22.7 Å². The minimum atomic E-state index is -0.610. The van der Waals surface area contributed by atoms with Crippen molar-refractivity contribution in [3.05, 3.63) is 48.0 Å². The van der Waals surface area contributed by atoms with Crippen LogP contribution < -0.4 is 5.56 Å². The molecule has 1 N–H and O–H groups in total. The number of aromatic amines is 1. The van der Waals surface area contributed by atoms with Gasteiger partial charge in [0.05, 0.1) is 10.9 Å². The molecule has 136 valence electrons. The van der Waals surface area contributed by atoms with Crippen molar-refractivity contribution >= 4 is 38.9 Å². The number of rotatable bonds is 3. The summed E-state index contributed by atoms with van der Waals surface area (Å²) in [5.41, 5.74) is 2.59. The third-order valence-corrected chi connectivity index (χ3v) is 7.20. The number of hydrogen-bond donors (Lipinski definition) is 1. The van der Waals surface area contributed by atoms with E-state index < -0.39 is 6.10 Å². The molecule has 5 nitrogen and oxygen atoms in total. The van der Waals surface area contributed by atoms with E-state index in [2.05, 4.69) is 9.97 Å². The molecular weight excluding hydrogens is 368 g/mol. The number of H-pyrrole nitrogens is 1. The Hall–Kier alpha value is -1.99. The highest BCUT2D eigenvalue weighted by molar-refractivity contribution is 7.18. The second kappa shape index (κ2) is 6.63. The van der Waals surface area contributed by atoms with E-state index in [-0.39, 0.29) is 11.5 Å². The number of hydrogen-bond acceptors (Lipinski definition) is 6. The molecule has 0 saturated carbocycles. The Morgan fingerprint density at radius 1 is 1.31 bits per heavy atom. The average molecular weight is 389 g/mol. The fourth-order valence-electron chi connectivity index (χ4n) is 3.41. The summed E-state index contributed by atoms with van der Waals surface area (Å²) in [7, 11) is 0. The van der Waals surface area contributed by atoms with Gasteiger partial charge in [-0.05, 0) is 57.6 Å². The maximum Gasteiger partial charge on any atom is 0.339 e. The molecular formula is C19H20N2O3S2. The van der Waals surface area contributed by atoms with E-state index in [1.807, 2.05) is 19.2 Å². The van der Waals surface area contributed by atoms with Crippen molar-refractivity contribution in [1.82, 2.24) is 9.97 Å². The highest BCUT2D eigenvalue weighted by atomic mass is 32.1. The molecule has 0 bridgehead atoms. The van der Waals surface area contributed by atoms with Gasteiger partial charge in [0.2, 0.25) is 0 Å². The number of nitrogens with one attached hydrogen (secondary N) is 1. The van der Waals surface area contributed by atoms with E-state index in [9.17, 15) is 9.59 Å². The van der Waals surface area contributed by atoms with Crippen LogP contribution in [0.4, 0.5) is 0 Å². The second-order valence-electron chi connectivity index (χ2n) is 6.72. The summed E-state index contributed by atoms with van der Waals surface area (Å²) in [6.45, 7) is 5.64. The van der Waals surface area contributed by atoms with E-state index in [1.54, 1.807) is 18.3 Å². The Labute approximate surface area is 159 Å². The van der Waals surface area contributed by atoms with Gasteiger partial charge in [-0.1, -0.05) is 0 Å². The minimum absolute atomic E-state index is 0.178. The molecule has 1 aliphatic rings. The van der Waals surface area contributed by atoms with Gasteiger partial charge in [-0.15, -0.1) is 22.7 Å². The maximum atomic E-state index is 12.6. The molecule has 0 saturated heterocycles. The van der Waals surface area contributed by atoms with Crippen LogP contribution in [0.1, 0.15) is 62.9 Å². The van der Waals surface area contributed by atoms with Gasteiger partial charge in [0.15, 0.2) is 11.9 Å². The first kappa shape index (κ1) is 17.4. The van der Waals surface area contributed by atoms with Gasteiger partial charge >= 0.3 is 5.97 Å². The zero-order valence-corrected chi connectivity index (χ0v) is 16.6. The van der Waals surface area contributed by atoms with Gasteiger partial charge in [-0.2, -0.15) is 0 Å². The number of fused-ring (bicyclic) bond motifs is 2. The van der Waals surface area contributed by atoms with Crippen LogP contribution in [-0.2, 0) is 17.6 Å². The van der Waals surface area contributed by atoms with Crippen LogP contribution in [0.15, 0.2) is 10.2 Å². The van der Waals surface area contributed by atoms with Crippen molar-refractivity contribution in [2.45, 2.75) is 52.6 Å². The van der Waals surface area contributed by atoms with Crippen LogP contribution in [-0.4, -0.2) is 15.9 Å². The lowest BCUT2D eigenvalue weighted by Gasteiger charge is -2.15. The molecule has 0 aliphatic heterocycles. The molecule has 0 amide bonds. The number of esters is 1. The molecule has 7 heteroatoms. The van der Waals surface area contributed by atoms with E-state index in [0.717, 1.165) is 35.3 Å². The van der Waals surface area contributed by atoms with Crippen molar-refractivity contribution in [2.24, 2.45) is 0 Å². The fraction of sp³-hybridized carbons (Fsp3) is 0.421. The van der Waals surface area contributed by atoms with Crippen LogP contribution in [0.25, 0.3) is 10.2 Å². The number of carbonyl (C=O) groups is 1. The van der Waals surface area contributed by atoms with Gasteiger partial charge in [-0.3, -0.25) is 4.79 Å². The number of aromatic nitrogens is 2. The molecule has 3 aromatic rings. The predicted molar refractivity (Wildman–Crippen MR) is 105 cm³/mol. The number of thiophene rings is 2. The Bertz CT molecular complexity index is 1060. The highest BCUT2D eigenvalue weighted by Crippen LogP contribution is 2.32. The summed E-state index contributed by atoms with van der Waals surface area (Å²) in [6.07, 6.45) is 3.67. The zero-order chi connectivity index (χ0) is 18.4. The largest absolute Gasteiger partial charge is 0.451 e. The van der Waals surface area contributed by atoms with E-state index >= 15 is 0 Å². The van der Waals surface area contributed by atoms with Gasteiger partial charge in [-0.25, -0.2) is 9.78 Å². The molecule has 0 spiro atoms. The van der Waals surface area contributed by atoms with Crippen LogP contribution in [0.2, 0.25) is 0 Å². The molecule has 0 unspecified atom stereocenters. The molecule has 3 heterocycles. The van der Waals surface area contributed by atoms with Crippen molar-refractivity contribution in [3.8, 4) is 0 Å². The number of carbonyl (C=O) groups excluding carboxylic acids is 1. The summed E-state index contributed by atoms with van der Waals surface area (Å²) in [5.74, 6) is 0.0550. The molecule has 1 aliphatic carbocycles. The Balaban J connectivity index is 1.61. The highest BCUT2D eigenvalue weighted by Gasteiger charge is 2.24. The Morgan fingerprint density at radius 2 is 2.08 bits per heavy atom.